The van der Waals surface area contributed by atoms with Crippen LogP contribution in [0.3, 0.4) is 0 Å². The van der Waals surface area contributed by atoms with E-state index in [2.05, 4.69) is 6.92 Å². The summed E-state index contributed by atoms with van der Waals surface area (Å²) in [7, 11) is -4.20. The first-order valence-corrected chi connectivity index (χ1v) is 5.63. The molecule has 0 unspecified atom stereocenters. The van der Waals surface area contributed by atoms with Gasteiger partial charge in [0.05, 0.1) is 0 Å². The predicted octanol–water partition coefficient (Wildman–Crippen LogP) is 0.0498. The Labute approximate surface area is 78.9 Å². The standard InChI is InChI=1S/C6H17N3O3S/c1-2-3-4-5-6-9(8-7)13(10,11)12/h8H,2-7H2,1H3,(H,10,11,12). The summed E-state index contributed by atoms with van der Waals surface area (Å²) in [6, 6.07) is 0. The molecule has 0 radical (unpaired) electrons. The van der Waals surface area contributed by atoms with E-state index in [0.29, 0.717) is 10.8 Å². The van der Waals surface area contributed by atoms with Crippen molar-refractivity contribution in [2.24, 2.45) is 5.84 Å². The maximum Gasteiger partial charge on any atom is 0.350 e. The van der Waals surface area contributed by atoms with Gasteiger partial charge in [0.15, 0.2) is 0 Å². The third kappa shape index (κ3) is 5.94. The Hall–Kier alpha value is -0.210. The van der Waals surface area contributed by atoms with Gasteiger partial charge in [-0.25, -0.2) is 0 Å². The molecule has 0 bridgehead atoms. The molecule has 0 saturated carbocycles. The van der Waals surface area contributed by atoms with Crippen LogP contribution in [0.5, 0.6) is 0 Å². The van der Waals surface area contributed by atoms with Crippen molar-refractivity contribution >= 4 is 10.3 Å². The fraction of sp³-hybridized carbons (Fsp3) is 1.00. The van der Waals surface area contributed by atoms with E-state index < -0.39 is 10.3 Å². The third-order valence-corrected chi connectivity index (χ3v) is 2.48. The van der Waals surface area contributed by atoms with Crippen LogP contribution < -0.4 is 11.4 Å². The molecule has 80 valence electrons. The number of hydrogen-bond donors (Lipinski definition) is 3. The molecular formula is C6H17N3O3S. The molecule has 0 atom stereocenters. The number of rotatable bonds is 7. The first-order valence-electron chi connectivity index (χ1n) is 4.23. The molecule has 0 aromatic heterocycles. The van der Waals surface area contributed by atoms with Gasteiger partial charge < -0.3 is 0 Å². The normalized spacial score (nSPS) is 12.3. The van der Waals surface area contributed by atoms with E-state index in [9.17, 15) is 8.42 Å². The minimum absolute atomic E-state index is 0.190. The molecule has 0 aliphatic heterocycles. The van der Waals surface area contributed by atoms with Crippen molar-refractivity contribution in [1.82, 2.24) is 9.95 Å². The van der Waals surface area contributed by atoms with Crippen LogP contribution in [0.15, 0.2) is 0 Å². The number of nitrogens with two attached hydrogens (primary N) is 1. The second-order valence-electron chi connectivity index (χ2n) is 2.74. The van der Waals surface area contributed by atoms with Gasteiger partial charge in [0.25, 0.3) is 0 Å². The van der Waals surface area contributed by atoms with E-state index in [1.807, 2.05) is 5.53 Å². The van der Waals surface area contributed by atoms with Gasteiger partial charge in [-0.2, -0.15) is 14.0 Å². The van der Waals surface area contributed by atoms with Gasteiger partial charge in [0.2, 0.25) is 0 Å². The topological polar surface area (TPSA) is 95.7 Å². The van der Waals surface area contributed by atoms with E-state index in [-0.39, 0.29) is 6.54 Å². The lowest BCUT2D eigenvalue weighted by Crippen LogP contribution is -2.46. The van der Waals surface area contributed by atoms with Gasteiger partial charge in [-0.15, -0.1) is 4.41 Å². The summed E-state index contributed by atoms with van der Waals surface area (Å²) in [4.78, 5) is 0. The molecule has 0 aromatic rings. The van der Waals surface area contributed by atoms with E-state index in [4.69, 9.17) is 10.4 Å². The van der Waals surface area contributed by atoms with E-state index >= 15 is 0 Å². The summed E-state index contributed by atoms with van der Waals surface area (Å²) in [5.41, 5.74) is 1.91. The van der Waals surface area contributed by atoms with Crippen molar-refractivity contribution in [3.8, 4) is 0 Å². The fourth-order valence-corrected chi connectivity index (χ4v) is 1.42. The second kappa shape index (κ2) is 6.28. The first kappa shape index (κ1) is 12.8. The van der Waals surface area contributed by atoms with Gasteiger partial charge in [-0.1, -0.05) is 26.2 Å². The highest BCUT2D eigenvalue weighted by Gasteiger charge is 2.15. The zero-order valence-corrected chi connectivity index (χ0v) is 8.55. The van der Waals surface area contributed by atoms with Crippen LogP contribution in [-0.4, -0.2) is 23.9 Å². The highest BCUT2D eigenvalue weighted by Crippen LogP contribution is 2.01. The van der Waals surface area contributed by atoms with Crippen LogP contribution in [0.4, 0.5) is 0 Å². The van der Waals surface area contributed by atoms with Crippen LogP contribution in [0.2, 0.25) is 0 Å². The van der Waals surface area contributed by atoms with E-state index in [1.54, 1.807) is 0 Å². The van der Waals surface area contributed by atoms with Crippen LogP contribution >= 0.6 is 0 Å². The van der Waals surface area contributed by atoms with Gasteiger partial charge >= 0.3 is 10.3 Å². The molecule has 6 nitrogen and oxygen atoms in total. The number of nitrogens with one attached hydrogen (secondary N) is 1. The molecule has 0 aliphatic carbocycles. The number of unbranched alkanes of at least 4 members (excludes halogenated alkanes) is 3. The van der Waals surface area contributed by atoms with Crippen LogP contribution in [-0.2, 0) is 10.3 Å². The Morgan fingerprint density at radius 2 is 2.00 bits per heavy atom. The molecule has 0 aromatic carbocycles. The molecule has 0 amide bonds. The van der Waals surface area contributed by atoms with Crippen LogP contribution in [0.25, 0.3) is 0 Å². The number of hydrogen-bond acceptors (Lipinski definition) is 4. The van der Waals surface area contributed by atoms with E-state index in [0.717, 1.165) is 19.3 Å². The summed E-state index contributed by atoms with van der Waals surface area (Å²) in [5.74, 6) is 4.91. The minimum Gasteiger partial charge on any atom is -0.272 e. The maximum atomic E-state index is 10.6. The fourth-order valence-electron chi connectivity index (χ4n) is 0.929. The Balaban J connectivity index is 3.74. The largest absolute Gasteiger partial charge is 0.350 e. The molecule has 0 fully saturated rings. The highest BCUT2D eigenvalue weighted by molar-refractivity contribution is 7.83. The van der Waals surface area contributed by atoms with Gasteiger partial charge in [0, 0.05) is 6.54 Å². The lowest BCUT2D eigenvalue weighted by molar-refractivity contribution is 0.278. The Bertz CT molecular complexity index is 217. The summed E-state index contributed by atoms with van der Waals surface area (Å²) < 4.78 is 30.3. The summed E-state index contributed by atoms with van der Waals surface area (Å²) in [6.45, 7) is 2.25. The molecule has 0 spiro atoms. The van der Waals surface area contributed by atoms with Crippen molar-refractivity contribution in [1.29, 1.82) is 0 Å². The lowest BCUT2D eigenvalue weighted by atomic mass is 10.2. The Morgan fingerprint density at radius 3 is 2.38 bits per heavy atom. The summed E-state index contributed by atoms with van der Waals surface area (Å²) >= 11 is 0. The van der Waals surface area contributed by atoms with Gasteiger partial charge in [-0.05, 0) is 6.42 Å². The quantitative estimate of drug-likeness (QED) is 0.239. The van der Waals surface area contributed by atoms with Crippen molar-refractivity contribution < 1.29 is 13.0 Å². The molecular weight excluding hydrogens is 194 g/mol. The summed E-state index contributed by atoms with van der Waals surface area (Å²) in [5, 5.41) is 0. The number of hydrazine groups is 2. The molecule has 0 heterocycles. The Kier molecular flexibility index (Phi) is 6.17. The second-order valence-corrected chi connectivity index (χ2v) is 4.08. The molecule has 4 N–H and O–H groups in total. The molecule has 0 rings (SSSR count). The molecule has 0 aliphatic rings. The molecule has 7 heteroatoms. The van der Waals surface area contributed by atoms with Crippen molar-refractivity contribution in [2.45, 2.75) is 32.6 Å². The predicted molar refractivity (Wildman–Crippen MR) is 49.7 cm³/mol. The van der Waals surface area contributed by atoms with Crippen LogP contribution in [0, 0.1) is 0 Å². The first-order chi connectivity index (χ1) is 6.02. The zero-order valence-electron chi connectivity index (χ0n) is 7.73. The van der Waals surface area contributed by atoms with Crippen molar-refractivity contribution in [3.63, 3.8) is 0 Å². The third-order valence-electron chi connectivity index (χ3n) is 1.64. The van der Waals surface area contributed by atoms with Crippen molar-refractivity contribution in [3.05, 3.63) is 0 Å². The minimum atomic E-state index is -4.20. The lowest BCUT2D eigenvalue weighted by Gasteiger charge is -2.15. The Morgan fingerprint density at radius 1 is 1.38 bits per heavy atom. The highest BCUT2D eigenvalue weighted by atomic mass is 32.2. The smallest absolute Gasteiger partial charge is 0.272 e. The van der Waals surface area contributed by atoms with E-state index in [1.165, 1.54) is 0 Å². The van der Waals surface area contributed by atoms with Crippen LogP contribution in [0.1, 0.15) is 32.6 Å². The SMILES string of the molecule is CCCCCCN(NN)S(=O)(=O)O. The average Bonchev–Trinajstić information content (AvgIpc) is 2.02. The monoisotopic (exact) mass is 211 g/mol. The molecule has 0 saturated heterocycles. The van der Waals surface area contributed by atoms with Crippen molar-refractivity contribution in [2.75, 3.05) is 6.54 Å². The maximum absolute atomic E-state index is 10.6. The molecule has 13 heavy (non-hydrogen) atoms. The van der Waals surface area contributed by atoms with Gasteiger partial charge in [0.1, 0.15) is 0 Å². The summed E-state index contributed by atoms with van der Waals surface area (Å²) in [6.07, 6.45) is 3.72. The van der Waals surface area contributed by atoms with Gasteiger partial charge in [-0.3, -0.25) is 10.4 Å². The number of nitrogens with zero attached hydrogens (tertiary/aromatic N) is 1. The zero-order chi connectivity index (χ0) is 10.3. The average molecular weight is 211 g/mol.